The molecule has 0 atom stereocenters. The summed E-state index contributed by atoms with van der Waals surface area (Å²) in [5, 5.41) is 3.13. The summed E-state index contributed by atoms with van der Waals surface area (Å²) in [7, 11) is 4.08. The van der Waals surface area contributed by atoms with Crippen molar-refractivity contribution >= 4 is 5.69 Å². The van der Waals surface area contributed by atoms with Gasteiger partial charge in [0.15, 0.2) is 0 Å². The van der Waals surface area contributed by atoms with E-state index in [4.69, 9.17) is 0 Å². The molecule has 3 heteroatoms. The molecule has 90 valence electrons. The number of H-pyrrole nitrogens is 1. The summed E-state index contributed by atoms with van der Waals surface area (Å²) in [6.45, 7) is 1.94. The maximum Gasteiger partial charge on any atom is 0.0337 e. The SMILES string of the molecule is CNc1ccc(CN(C)Cc2cc[nH]c2)cc1. The highest BCUT2D eigenvalue weighted by atomic mass is 15.1. The molecule has 0 radical (unpaired) electrons. The van der Waals surface area contributed by atoms with Crippen molar-refractivity contribution in [1.29, 1.82) is 0 Å². The minimum absolute atomic E-state index is 0.967. The molecule has 2 aromatic rings. The van der Waals surface area contributed by atoms with Crippen LogP contribution in [0.2, 0.25) is 0 Å². The molecule has 1 heterocycles. The van der Waals surface area contributed by atoms with E-state index in [-0.39, 0.29) is 0 Å². The van der Waals surface area contributed by atoms with Crippen LogP contribution in [-0.2, 0) is 13.1 Å². The largest absolute Gasteiger partial charge is 0.388 e. The molecule has 0 aliphatic rings. The van der Waals surface area contributed by atoms with Gasteiger partial charge in [-0.1, -0.05) is 12.1 Å². The molecule has 0 fully saturated rings. The maximum absolute atomic E-state index is 3.13. The van der Waals surface area contributed by atoms with Gasteiger partial charge < -0.3 is 10.3 Å². The summed E-state index contributed by atoms with van der Waals surface area (Å²) in [4.78, 5) is 5.38. The predicted octanol–water partition coefficient (Wildman–Crippen LogP) is 2.69. The van der Waals surface area contributed by atoms with Crippen LogP contribution >= 0.6 is 0 Å². The van der Waals surface area contributed by atoms with Crippen molar-refractivity contribution in [2.75, 3.05) is 19.4 Å². The van der Waals surface area contributed by atoms with E-state index in [1.807, 2.05) is 19.4 Å². The zero-order valence-electron chi connectivity index (χ0n) is 10.4. The summed E-state index contributed by atoms with van der Waals surface area (Å²) >= 11 is 0. The van der Waals surface area contributed by atoms with Gasteiger partial charge in [0.2, 0.25) is 0 Å². The Morgan fingerprint density at radius 1 is 1.06 bits per heavy atom. The number of benzene rings is 1. The fourth-order valence-corrected chi connectivity index (χ4v) is 1.91. The average molecular weight is 229 g/mol. The lowest BCUT2D eigenvalue weighted by Gasteiger charge is -2.16. The fourth-order valence-electron chi connectivity index (χ4n) is 1.91. The van der Waals surface area contributed by atoms with Gasteiger partial charge in [0, 0.05) is 38.2 Å². The van der Waals surface area contributed by atoms with E-state index in [0.717, 1.165) is 18.8 Å². The van der Waals surface area contributed by atoms with E-state index in [9.17, 15) is 0 Å². The van der Waals surface area contributed by atoms with E-state index < -0.39 is 0 Å². The molecule has 0 saturated carbocycles. The molecule has 0 saturated heterocycles. The summed E-state index contributed by atoms with van der Waals surface area (Å²) in [6, 6.07) is 10.7. The van der Waals surface area contributed by atoms with Crippen molar-refractivity contribution in [3.8, 4) is 0 Å². The molecule has 0 unspecified atom stereocenters. The zero-order chi connectivity index (χ0) is 12.1. The highest BCUT2D eigenvalue weighted by Crippen LogP contribution is 2.11. The number of rotatable bonds is 5. The summed E-state index contributed by atoms with van der Waals surface area (Å²) in [6.07, 6.45) is 4.01. The van der Waals surface area contributed by atoms with Crippen molar-refractivity contribution < 1.29 is 0 Å². The van der Waals surface area contributed by atoms with Crippen LogP contribution in [0.15, 0.2) is 42.7 Å². The first-order valence-electron chi connectivity index (χ1n) is 5.85. The Bertz CT molecular complexity index is 431. The van der Waals surface area contributed by atoms with E-state index in [1.54, 1.807) is 0 Å². The third-order valence-corrected chi connectivity index (χ3v) is 2.81. The molecular weight excluding hydrogens is 210 g/mol. The van der Waals surface area contributed by atoms with E-state index in [0.29, 0.717) is 0 Å². The van der Waals surface area contributed by atoms with E-state index >= 15 is 0 Å². The van der Waals surface area contributed by atoms with Gasteiger partial charge in [0.25, 0.3) is 0 Å². The van der Waals surface area contributed by atoms with Crippen LogP contribution in [0.3, 0.4) is 0 Å². The molecule has 1 aromatic carbocycles. The van der Waals surface area contributed by atoms with E-state index in [2.05, 4.69) is 52.6 Å². The van der Waals surface area contributed by atoms with Crippen molar-refractivity contribution in [3.63, 3.8) is 0 Å². The highest BCUT2D eigenvalue weighted by molar-refractivity contribution is 5.43. The smallest absolute Gasteiger partial charge is 0.0337 e. The Labute approximate surface area is 102 Å². The molecule has 1 aromatic heterocycles. The second-order valence-corrected chi connectivity index (χ2v) is 4.34. The Kier molecular flexibility index (Phi) is 3.83. The minimum Gasteiger partial charge on any atom is -0.388 e. The quantitative estimate of drug-likeness (QED) is 0.826. The van der Waals surface area contributed by atoms with Crippen LogP contribution in [-0.4, -0.2) is 24.0 Å². The third-order valence-electron chi connectivity index (χ3n) is 2.81. The normalized spacial score (nSPS) is 10.8. The fraction of sp³-hybridized carbons (Fsp3) is 0.286. The van der Waals surface area contributed by atoms with Gasteiger partial charge in [0.1, 0.15) is 0 Å². The summed E-state index contributed by atoms with van der Waals surface area (Å²) in [5.41, 5.74) is 3.81. The van der Waals surface area contributed by atoms with Crippen molar-refractivity contribution in [1.82, 2.24) is 9.88 Å². The standard InChI is InChI=1S/C14H19N3/c1-15-14-5-3-12(4-6-14)10-17(2)11-13-7-8-16-9-13/h3-9,15-16H,10-11H2,1-2H3. The monoisotopic (exact) mass is 229 g/mol. The number of aromatic amines is 1. The Morgan fingerprint density at radius 3 is 2.35 bits per heavy atom. The third kappa shape index (κ3) is 3.36. The highest BCUT2D eigenvalue weighted by Gasteiger charge is 2.02. The number of aromatic nitrogens is 1. The van der Waals surface area contributed by atoms with Crippen LogP contribution in [0.25, 0.3) is 0 Å². The first kappa shape index (κ1) is 11.7. The topological polar surface area (TPSA) is 31.1 Å². The van der Waals surface area contributed by atoms with Gasteiger partial charge in [-0.3, -0.25) is 4.90 Å². The molecule has 0 spiro atoms. The first-order valence-corrected chi connectivity index (χ1v) is 5.85. The minimum atomic E-state index is 0.967. The van der Waals surface area contributed by atoms with Gasteiger partial charge in [-0.15, -0.1) is 0 Å². The first-order chi connectivity index (χ1) is 8.28. The van der Waals surface area contributed by atoms with Gasteiger partial charge in [0.05, 0.1) is 0 Å². The number of hydrogen-bond donors (Lipinski definition) is 2. The summed E-state index contributed by atoms with van der Waals surface area (Å²) in [5.74, 6) is 0. The summed E-state index contributed by atoms with van der Waals surface area (Å²) < 4.78 is 0. The van der Waals surface area contributed by atoms with Crippen LogP contribution < -0.4 is 5.32 Å². The lowest BCUT2D eigenvalue weighted by Crippen LogP contribution is -2.16. The molecule has 2 rings (SSSR count). The van der Waals surface area contributed by atoms with Crippen molar-refractivity contribution in [2.24, 2.45) is 0 Å². The van der Waals surface area contributed by atoms with Gasteiger partial charge >= 0.3 is 0 Å². The van der Waals surface area contributed by atoms with E-state index in [1.165, 1.54) is 11.1 Å². The molecular formula is C14H19N3. The molecule has 2 N–H and O–H groups in total. The van der Waals surface area contributed by atoms with Crippen molar-refractivity contribution in [2.45, 2.75) is 13.1 Å². The van der Waals surface area contributed by atoms with Crippen LogP contribution in [0, 0.1) is 0 Å². The Hall–Kier alpha value is -1.74. The van der Waals surface area contributed by atoms with Gasteiger partial charge in [-0.25, -0.2) is 0 Å². The second kappa shape index (κ2) is 5.55. The van der Waals surface area contributed by atoms with Gasteiger partial charge in [-0.2, -0.15) is 0 Å². The Balaban J connectivity index is 1.91. The lowest BCUT2D eigenvalue weighted by molar-refractivity contribution is 0.319. The average Bonchev–Trinajstić information content (AvgIpc) is 2.82. The molecule has 0 aliphatic heterocycles. The number of hydrogen-bond acceptors (Lipinski definition) is 2. The van der Waals surface area contributed by atoms with Crippen LogP contribution in [0.5, 0.6) is 0 Å². The maximum atomic E-state index is 3.13. The van der Waals surface area contributed by atoms with Gasteiger partial charge in [-0.05, 0) is 36.4 Å². The zero-order valence-corrected chi connectivity index (χ0v) is 10.4. The predicted molar refractivity (Wildman–Crippen MR) is 72.0 cm³/mol. The van der Waals surface area contributed by atoms with Crippen LogP contribution in [0.1, 0.15) is 11.1 Å². The molecule has 0 bridgehead atoms. The number of nitrogens with one attached hydrogen (secondary N) is 2. The molecule has 17 heavy (non-hydrogen) atoms. The second-order valence-electron chi connectivity index (χ2n) is 4.34. The molecule has 3 nitrogen and oxygen atoms in total. The van der Waals surface area contributed by atoms with Crippen molar-refractivity contribution in [3.05, 3.63) is 53.9 Å². The number of anilines is 1. The lowest BCUT2D eigenvalue weighted by atomic mass is 10.2. The van der Waals surface area contributed by atoms with Crippen LogP contribution in [0.4, 0.5) is 5.69 Å². The Morgan fingerprint density at radius 2 is 1.76 bits per heavy atom. The molecule has 0 aliphatic carbocycles. The number of nitrogens with zero attached hydrogens (tertiary/aromatic N) is 1. The molecule has 0 amide bonds.